The molecule has 0 radical (unpaired) electrons. The summed E-state index contributed by atoms with van der Waals surface area (Å²) in [5, 5.41) is 13.0. The van der Waals surface area contributed by atoms with E-state index in [-0.39, 0.29) is 29.7 Å². The quantitative estimate of drug-likeness (QED) is 0.264. The predicted molar refractivity (Wildman–Crippen MR) is 135 cm³/mol. The maximum Gasteiger partial charge on any atom is 0.453 e. The lowest BCUT2D eigenvalue weighted by atomic mass is 10.2. The summed E-state index contributed by atoms with van der Waals surface area (Å²) in [4.78, 5) is 24.5. The van der Waals surface area contributed by atoms with E-state index in [1.54, 1.807) is 11.4 Å². The first-order valence-electron chi connectivity index (χ1n) is 11.2. The number of rotatable bonds is 12. The van der Waals surface area contributed by atoms with Crippen molar-refractivity contribution in [2.75, 3.05) is 19.6 Å². The first kappa shape index (κ1) is 26.5. The van der Waals surface area contributed by atoms with E-state index in [2.05, 4.69) is 0 Å². The number of benzene rings is 2. The molecule has 1 heterocycles. The van der Waals surface area contributed by atoms with Gasteiger partial charge in [0.1, 0.15) is 5.75 Å². The Morgan fingerprint density at radius 1 is 1.03 bits per heavy atom. The third-order valence-electron chi connectivity index (χ3n) is 5.06. The molecule has 188 valence electrons. The van der Waals surface area contributed by atoms with Gasteiger partial charge in [-0.05, 0) is 53.6 Å². The van der Waals surface area contributed by atoms with Gasteiger partial charge in [-0.2, -0.15) is 4.31 Å². The van der Waals surface area contributed by atoms with Crippen LogP contribution < -0.4 is 4.89 Å². The molecule has 10 heteroatoms. The molecule has 3 rings (SSSR count). The highest BCUT2D eigenvalue weighted by atomic mass is 32.2. The molecule has 1 N–H and O–H groups in total. The minimum atomic E-state index is -3.77. The first-order valence-corrected chi connectivity index (χ1v) is 13.6. The van der Waals surface area contributed by atoms with Crippen LogP contribution in [0.3, 0.4) is 0 Å². The highest BCUT2D eigenvalue weighted by Crippen LogP contribution is 2.21. The second kappa shape index (κ2) is 12.6. The van der Waals surface area contributed by atoms with Crippen LogP contribution in [0.25, 0.3) is 0 Å². The molecule has 0 unspecified atom stereocenters. The van der Waals surface area contributed by atoms with Gasteiger partial charge in [-0.3, -0.25) is 4.89 Å². The molecule has 0 aliphatic rings. The Balaban J connectivity index is 1.69. The van der Waals surface area contributed by atoms with Crippen LogP contribution in [0.2, 0.25) is 0 Å². The van der Waals surface area contributed by atoms with E-state index >= 15 is 0 Å². The summed E-state index contributed by atoms with van der Waals surface area (Å²) in [6.45, 7) is 4.99. The Bertz CT molecular complexity index is 1150. The van der Waals surface area contributed by atoms with Gasteiger partial charge >= 0.3 is 6.09 Å². The minimum absolute atomic E-state index is 0.000837. The number of sulfonamides is 1. The zero-order valence-corrected chi connectivity index (χ0v) is 21.4. The SMILES string of the molecule is CC(C)CN(CCCN(Cc1ccccc1)C(=O)OOc1ccsc1)S(=O)(=O)c1ccc(O)cc1. The van der Waals surface area contributed by atoms with E-state index in [1.165, 1.54) is 44.8 Å². The van der Waals surface area contributed by atoms with Gasteiger partial charge in [0.2, 0.25) is 10.0 Å². The van der Waals surface area contributed by atoms with E-state index in [0.29, 0.717) is 25.3 Å². The van der Waals surface area contributed by atoms with Crippen LogP contribution in [-0.4, -0.2) is 48.5 Å². The Kier molecular flexibility index (Phi) is 9.53. The van der Waals surface area contributed by atoms with Gasteiger partial charge in [0.15, 0.2) is 5.75 Å². The monoisotopic (exact) mass is 518 g/mol. The lowest BCUT2D eigenvalue weighted by Gasteiger charge is -2.26. The number of carbonyl (C=O) groups is 1. The third kappa shape index (κ3) is 7.98. The van der Waals surface area contributed by atoms with Crippen molar-refractivity contribution in [3.05, 3.63) is 77.0 Å². The van der Waals surface area contributed by atoms with Crippen LogP contribution in [-0.2, 0) is 21.5 Å². The summed E-state index contributed by atoms with van der Waals surface area (Å²) in [7, 11) is -3.77. The van der Waals surface area contributed by atoms with Gasteiger partial charge in [0.25, 0.3) is 0 Å². The van der Waals surface area contributed by atoms with E-state index < -0.39 is 16.1 Å². The molecule has 0 bridgehead atoms. The third-order valence-corrected chi connectivity index (χ3v) is 7.60. The van der Waals surface area contributed by atoms with Gasteiger partial charge in [-0.15, -0.1) is 11.3 Å². The molecular weight excluding hydrogens is 488 g/mol. The maximum atomic E-state index is 13.2. The molecular formula is C25H30N2O6S2. The molecule has 0 fully saturated rings. The molecule has 8 nitrogen and oxygen atoms in total. The predicted octanol–water partition coefficient (Wildman–Crippen LogP) is 5.12. The average Bonchev–Trinajstić information content (AvgIpc) is 3.35. The van der Waals surface area contributed by atoms with Crippen molar-refractivity contribution in [2.45, 2.75) is 31.7 Å². The van der Waals surface area contributed by atoms with Gasteiger partial charge < -0.3 is 10.0 Å². The van der Waals surface area contributed by atoms with E-state index in [4.69, 9.17) is 9.78 Å². The highest BCUT2D eigenvalue weighted by molar-refractivity contribution is 7.89. The fourth-order valence-electron chi connectivity index (χ4n) is 3.40. The number of phenols is 1. The van der Waals surface area contributed by atoms with Crippen molar-refractivity contribution in [3.8, 4) is 11.5 Å². The Morgan fingerprint density at radius 3 is 2.37 bits per heavy atom. The Morgan fingerprint density at radius 2 is 1.74 bits per heavy atom. The number of aromatic hydroxyl groups is 1. The number of hydrogen-bond acceptors (Lipinski definition) is 7. The van der Waals surface area contributed by atoms with E-state index in [9.17, 15) is 18.3 Å². The maximum absolute atomic E-state index is 13.2. The van der Waals surface area contributed by atoms with Gasteiger partial charge in [0.05, 0.1) is 4.90 Å². The van der Waals surface area contributed by atoms with Crippen molar-refractivity contribution in [1.29, 1.82) is 0 Å². The Hall–Kier alpha value is -3.08. The summed E-state index contributed by atoms with van der Waals surface area (Å²) in [6, 6.07) is 16.6. The summed E-state index contributed by atoms with van der Waals surface area (Å²) < 4.78 is 27.9. The van der Waals surface area contributed by atoms with Gasteiger partial charge in [-0.1, -0.05) is 44.2 Å². The van der Waals surface area contributed by atoms with Crippen molar-refractivity contribution in [3.63, 3.8) is 0 Å². The molecule has 0 spiro atoms. The minimum Gasteiger partial charge on any atom is -0.508 e. The van der Waals surface area contributed by atoms with Gasteiger partial charge in [-0.25, -0.2) is 18.1 Å². The second-order valence-electron chi connectivity index (χ2n) is 8.40. The molecule has 0 saturated carbocycles. The number of carbonyl (C=O) groups excluding carboxylic acids is 1. The number of phenolic OH excluding ortho intramolecular Hbond substituents is 1. The fourth-order valence-corrected chi connectivity index (χ4v) is 5.58. The van der Waals surface area contributed by atoms with E-state index in [1.807, 2.05) is 49.6 Å². The summed E-state index contributed by atoms with van der Waals surface area (Å²) in [5.74, 6) is 0.538. The number of amides is 1. The molecule has 0 saturated heterocycles. The van der Waals surface area contributed by atoms with Crippen molar-refractivity contribution in [2.24, 2.45) is 5.92 Å². The lowest BCUT2D eigenvalue weighted by molar-refractivity contribution is -0.154. The van der Waals surface area contributed by atoms with Crippen molar-refractivity contribution >= 4 is 27.5 Å². The topological polar surface area (TPSA) is 96.4 Å². The van der Waals surface area contributed by atoms with E-state index in [0.717, 1.165) is 5.56 Å². The van der Waals surface area contributed by atoms with Crippen LogP contribution >= 0.6 is 11.3 Å². The summed E-state index contributed by atoms with van der Waals surface area (Å²) >= 11 is 1.42. The number of hydrogen-bond donors (Lipinski definition) is 1. The summed E-state index contributed by atoms with van der Waals surface area (Å²) in [5.41, 5.74) is 0.913. The lowest BCUT2D eigenvalue weighted by Crippen LogP contribution is -2.38. The molecule has 1 amide bonds. The van der Waals surface area contributed by atoms with Crippen molar-refractivity contribution in [1.82, 2.24) is 9.21 Å². The molecule has 1 aromatic heterocycles. The van der Waals surface area contributed by atoms with Crippen LogP contribution in [0.4, 0.5) is 4.79 Å². The normalized spacial score (nSPS) is 11.5. The number of thiophene rings is 1. The molecule has 0 aliphatic carbocycles. The molecule has 0 aliphatic heterocycles. The summed E-state index contributed by atoms with van der Waals surface area (Å²) in [6.07, 6.45) is -0.262. The molecule has 2 aromatic carbocycles. The van der Waals surface area contributed by atoms with Crippen LogP contribution in [0.5, 0.6) is 11.5 Å². The highest BCUT2D eigenvalue weighted by Gasteiger charge is 2.26. The molecule has 35 heavy (non-hydrogen) atoms. The van der Waals surface area contributed by atoms with Crippen LogP contribution in [0, 0.1) is 5.92 Å². The van der Waals surface area contributed by atoms with Crippen LogP contribution in [0.15, 0.2) is 76.3 Å². The van der Waals surface area contributed by atoms with Gasteiger partial charge in [0, 0.05) is 31.6 Å². The average molecular weight is 519 g/mol. The molecule has 3 aromatic rings. The zero-order valence-electron chi connectivity index (χ0n) is 19.7. The van der Waals surface area contributed by atoms with Crippen LogP contribution in [0.1, 0.15) is 25.8 Å². The first-order chi connectivity index (χ1) is 16.8. The molecule has 0 atom stereocenters. The smallest absolute Gasteiger partial charge is 0.453 e. The number of nitrogens with zero attached hydrogens (tertiary/aromatic N) is 2. The Labute approximate surface area is 210 Å². The zero-order chi connectivity index (χ0) is 25.3. The largest absolute Gasteiger partial charge is 0.508 e. The van der Waals surface area contributed by atoms with Crippen molar-refractivity contribution < 1.29 is 28.1 Å². The second-order valence-corrected chi connectivity index (χ2v) is 11.1. The fraction of sp³-hybridized carbons (Fsp3) is 0.320. The standard InChI is InChI=1S/C25H30N2O6S2/c1-20(2)17-27(35(30,31)24-11-9-22(28)10-12-24)15-6-14-26(18-21-7-4-3-5-8-21)25(29)33-32-23-13-16-34-19-23/h3-5,7-13,16,19-20,28H,6,14-15,17-18H2,1-2H3.